The van der Waals surface area contributed by atoms with E-state index in [-0.39, 0.29) is 17.9 Å². The van der Waals surface area contributed by atoms with Crippen LogP contribution in [0.3, 0.4) is 0 Å². The van der Waals surface area contributed by atoms with E-state index in [4.69, 9.17) is 27.9 Å². The summed E-state index contributed by atoms with van der Waals surface area (Å²) < 4.78 is 45.9. The van der Waals surface area contributed by atoms with Gasteiger partial charge in [-0.2, -0.15) is 13.2 Å². The molecule has 11 heteroatoms. The molecule has 0 atom stereocenters. The smallest absolute Gasteiger partial charge is 0.390 e. The summed E-state index contributed by atoms with van der Waals surface area (Å²) in [5.74, 6) is -0.483. The van der Waals surface area contributed by atoms with Crippen LogP contribution < -0.4 is 5.69 Å². The standard InChI is InChI=1S/C26H20Cl2F3N3O3/c1-37-24(35)20-11-6-16(14-21(20)19-4-2-3-5-22(19)28)15-34-25(36)33(13-12-26(29,30)31)23(32-34)17-7-9-18(27)10-8-17/h2-11,14H,12-13,15H2,1H3. The Morgan fingerprint density at radius 1 is 1.00 bits per heavy atom. The average molecular weight is 550 g/mol. The summed E-state index contributed by atoms with van der Waals surface area (Å²) in [6, 6.07) is 18.1. The fraction of sp³-hybridized carbons (Fsp3) is 0.192. The molecule has 0 spiro atoms. The maximum atomic E-state index is 13.2. The van der Waals surface area contributed by atoms with Crippen LogP contribution in [0.2, 0.25) is 10.0 Å². The number of methoxy groups -OCH3 is 1. The highest BCUT2D eigenvalue weighted by Gasteiger charge is 2.28. The number of alkyl halides is 3. The topological polar surface area (TPSA) is 66.1 Å². The Bertz CT molecular complexity index is 1500. The summed E-state index contributed by atoms with van der Waals surface area (Å²) in [6.45, 7) is -0.649. The summed E-state index contributed by atoms with van der Waals surface area (Å²) in [5, 5.41) is 5.18. The molecule has 4 rings (SSSR count). The fourth-order valence-electron chi connectivity index (χ4n) is 3.85. The van der Waals surface area contributed by atoms with Crippen LogP contribution in [-0.4, -0.2) is 33.6 Å². The number of aromatic nitrogens is 3. The van der Waals surface area contributed by atoms with Crippen LogP contribution >= 0.6 is 23.2 Å². The normalized spacial score (nSPS) is 11.5. The van der Waals surface area contributed by atoms with Crippen LogP contribution in [0.1, 0.15) is 22.3 Å². The minimum Gasteiger partial charge on any atom is -0.465 e. The summed E-state index contributed by atoms with van der Waals surface area (Å²) >= 11 is 12.3. The van der Waals surface area contributed by atoms with E-state index in [2.05, 4.69) is 5.10 Å². The van der Waals surface area contributed by atoms with Crippen LogP contribution in [-0.2, 0) is 17.8 Å². The van der Waals surface area contributed by atoms with Gasteiger partial charge >= 0.3 is 17.8 Å². The summed E-state index contributed by atoms with van der Waals surface area (Å²) in [7, 11) is 1.26. The van der Waals surface area contributed by atoms with Crippen LogP contribution in [0.4, 0.5) is 13.2 Å². The van der Waals surface area contributed by atoms with Crippen LogP contribution in [0.25, 0.3) is 22.5 Å². The Morgan fingerprint density at radius 3 is 2.35 bits per heavy atom. The van der Waals surface area contributed by atoms with Crippen molar-refractivity contribution in [2.45, 2.75) is 25.7 Å². The first-order chi connectivity index (χ1) is 17.6. The number of halogens is 5. The lowest BCUT2D eigenvalue weighted by Crippen LogP contribution is -2.27. The van der Waals surface area contributed by atoms with Gasteiger partial charge in [-0.05, 0) is 53.6 Å². The quantitative estimate of drug-likeness (QED) is 0.248. The van der Waals surface area contributed by atoms with Gasteiger partial charge in [0.2, 0.25) is 0 Å². The monoisotopic (exact) mass is 549 g/mol. The largest absolute Gasteiger partial charge is 0.465 e. The predicted octanol–water partition coefficient (Wildman–Crippen LogP) is 6.47. The van der Waals surface area contributed by atoms with Gasteiger partial charge < -0.3 is 4.74 Å². The molecule has 3 aromatic carbocycles. The Hall–Kier alpha value is -3.56. The number of rotatable bonds is 7. The van der Waals surface area contributed by atoms with Crippen molar-refractivity contribution in [2.75, 3.05) is 7.11 Å². The molecule has 0 aliphatic carbocycles. The number of esters is 1. The van der Waals surface area contributed by atoms with Crippen molar-refractivity contribution < 1.29 is 22.7 Å². The Kier molecular flexibility index (Phi) is 7.75. The first-order valence-electron chi connectivity index (χ1n) is 11.0. The van der Waals surface area contributed by atoms with Gasteiger partial charge in [0.25, 0.3) is 0 Å². The zero-order chi connectivity index (χ0) is 26.7. The average Bonchev–Trinajstić information content (AvgIpc) is 3.17. The maximum absolute atomic E-state index is 13.2. The highest BCUT2D eigenvalue weighted by Crippen LogP contribution is 2.32. The van der Waals surface area contributed by atoms with Gasteiger partial charge in [-0.15, -0.1) is 5.10 Å². The van der Waals surface area contributed by atoms with Crippen molar-refractivity contribution >= 4 is 29.2 Å². The summed E-state index contributed by atoms with van der Waals surface area (Å²) in [5.41, 5.74) is 1.65. The van der Waals surface area contributed by atoms with E-state index in [9.17, 15) is 22.8 Å². The van der Waals surface area contributed by atoms with E-state index in [1.54, 1.807) is 66.7 Å². The van der Waals surface area contributed by atoms with Crippen LogP contribution in [0.15, 0.2) is 71.5 Å². The molecule has 1 aromatic heterocycles. The fourth-order valence-corrected chi connectivity index (χ4v) is 4.21. The zero-order valence-electron chi connectivity index (χ0n) is 19.4. The molecule has 192 valence electrons. The third-order valence-corrected chi connectivity index (χ3v) is 6.21. The van der Waals surface area contributed by atoms with Crippen LogP contribution in [0.5, 0.6) is 0 Å². The first kappa shape index (κ1) is 26.5. The molecule has 0 amide bonds. The SMILES string of the molecule is COC(=O)c1ccc(Cn2nc(-c3ccc(Cl)cc3)n(CCC(F)(F)F)c2=O)cc1-c1ccccc1Cl. The molecular weight excluding hydrogens is 530 g/mol. The lowest BCUT2D eigenvalue weighted by molar-refractivity contribution is -0.136. The summed E-state index contributed by atoms with van der Waals surface area (Å²) in [6.07, 6.45) is -5.64. The summed E-state index contributed by atoms with van der Waals surface area (Å²) in [4.78, 5) is 25.5. The lowest BCUT2D eigenvalue weighted by Gasteiger charge is -2.12. The number of carbonyl (C=O) groups excluding carboxylic acids is 1. The van der Waals surface area contributed by atoms with Gasteiger partial charge in [-0.1, -0.05) is 47.5 Å². The number of nitrogens with zero attached hydrogens (tertiary/aromatic N) is 3. The second-order valence-corrected chi connectivity index (χ2v) is 8.98. The van der Waals surface area contributed by atoms with E-state index in [1.165, 1.54) is 7.11 Å². The molecule has 0 aliphatic heterocycles. The second-order valence-electron chi connectivity index (χ2n) is 8.14. The van der Waals surface area contributed by atoms with Gasteiger partial charge in [0, 0.05) is 27.7 Å². The minimum absolute atomic E-state index is 0.0582. The van der Waals surface area contributed by atoms with E-state index >= 15 is 0 Å². The molecule has 0 N–H and O–H groups in total. The number of hydrogen-bond donors (Lipinski definition) is 0. The molecule has 1 heterocycles. The number of hydrogen-bond acceptors (Lipinski definition) is 4. The van der Waals surface area contributed by atoms with Crippen LogP contribution in [0, 0.1) is 0 Å². The third-order valence-electron chi connectivity index (χ3n) is 5.63. The molecular formula is C26H20Cl2F3N3O3. The Labute approximate surface area is 219 Å². The zero-order valence-corrected chi connectivity index (χ0v) is 20.9. The van der Waals surface area contributed by atoms with Crippen molar-refractivity contribution in [3.8, 4) is 22.5 Å². The molecule has 6 nitrogen and oxygen atoms in total. The van der Waals surface area contributed by atoms with Crippen molar-refractivity contribution in [1.82, 2.24) is 14.3 Å². The molecule has 0 unspecified atom stereocenters. The van der Waals surface area contributed by atoms with Gasteiger partial charge in [-0.3, -0.25) is 4.57 Å². The number of carbonyl (C=O) groups is 1. The van der Waals surface area contributed by atoms with Crippen molar-refractivity contribution in [1.29, 1.82) is 0 Å². The van der Waals surface area contributed by atoms with Gasteiger partial charge in [0.15, 0.2) is 5.82 Å². The molecule has 0 radical (unpaired) electrons. The van der Waals surface area contributed by atoms with Gasteiger partial charge in [-0.25, -0.2) is 14.3 Å². The molecule has 0 bridgehead atoms. The van der Waals surface area contributed by atoms with E-state index in [0.29, 0.717) is 32.3 Å². The first-order valence-corrected chi connectivity index (χ1v) is 11.8. The Morgan fingerprint density at radius 2 is 1.70 bits per heavy atom. The Balaban J connectivity index is 1.78. The predicted molar refractivity (Wildman–Crippen MR) is 135 cm³/mol. The maximum Gasteiger partial charge on any atom is 0.390 e. The molecule has 0 saturated heterocycles. The van der Waals surface area contributed by atoms with Crippen molar-refractivity contribution in [3.05, 3.63) is 98.4 Å². The molecule has 4 aromatic rings. The highest BCUT2D eigenvalue weighted by molar-refractivity contribution is 6.33. The number of ether oxygens (including phenoxy) is 1. The number of benzene rings is 3. The highest BCUT2D eigenvalue weighted by atomic mass is 35.5. The van der Waals surface area contributed by atoms with E-state index in [1.807, 2.05) is 0 Å². The van der Waals surface area contributed by atoms with E-state index < -0.39 is 30.8 Å². The minimum atomic E-state index is -4.45. The molecule has 0 aliphatic rings. The molecule has 37 heavy (non-hydrogen) atoms. The van der Waals surface area contributed by atoms with Gasteiger partial charge in [0.1, 0.15) is 0 Å². The third kappa shape index (κ3) is 6.06. The van der Waals surface area contributed by atoms with Crippen molar-refractivity contribution in [3.63, 3.8) is 0 Å². The van der Waals surface area contributed by atoms with E-state index in [0.717, 1.165) is 9.25 Å². The lowest BCUT2D eigenvalue weighted by atomic mass is 9.97. The molecule has 0 fully saturated rings. The second kappa shape index (κ2) is 10.8. The molecule has 0 saturated carbocycles. The van der Waals surface area contributed by atoms with Crippen molar-refractivity contribution in [2.24, 2.45) is 0 Å². The van der Waals surface area contributed by atoms with Gasteiger partial charge in [0.05, 0.1) is 25.6 Å².